The lowest BCUT2D eigenvalue weighted by Gasteiger charge is -2.21. The molecule has 274 valence electrons. The van der Waals surface area contributed by atoms with E-state index in [1.54, 1.807) is 0 Å². The van der Waals surface area contributed by atoms with Gasteiger partial charge in [-0.15, -0.1) is 11.3 Å². The van der Waals surface area contributed by atoms with Crippen LogP contribution in [-0.4, -0.2) is 9.97 Å². The van der Waals surface area contributed by atoms with Gasteiger partial charge in [0, 0.05) is 42.3 Å². The lowest BCUT2D eigenvalue weighted by molar-refractivity contribution is 0.660. The lowest BCUT2D eigenvalue weighted by atomic mass is 9.82. The predicted octanol–water partition coefficient (Wildman–Crippen LogP) is 15.2. The van der Waals surface area contributed by atoms with Crippen LogP contribution in [0.5, 0.6) is 0 Å². The number of fused-ring (bicyclic) bond motifs is 6. The SMILES string of the molecule is CC1(C)c2ccccc2-c2c(-c3cccc(-c4cc(-c5cc(-c6ccccc6)cc(-c6cccc7c6sc6ccccc67)c5)nc(-c5ccccc5)n4)c3)cccc21. The summed E-state index contributed by atoms with van der Waals surface area (Å²) < 4.78 is 2.59. The zero-order valence-electron chi connectivity index (χ0n) is 32.3. The van der Waals surface area contributed by atoms with Crippen LogP contribution in [0.1, 0.15) is 25.0 Å². The van der Waals surface area contributed by atoms with Gasteiger partial charge >= 0.3 is 0 Å². The third kappa shape index (κ3) is 5.69. The summed E-state index contributed by atoms with van der Waals surface area (Å²) in [5, 5.41) is 2.59. The Labute approximate surface area is 342 Å². The molecule has 10 aromatic rings. The summed E-state index contributed by atoms with van der Waals surface area (Å²) in [6.45, 7) is 4.68. The number of nitrogens with zero attached hydrogens (tertiary/aromatic N) is 2. The molecule has 2 heterocycles. The molecule has 0 atom stereocenters. The summed E-state index contributed by atoms with van der Waals surface area (Å²) in [5.74, 6) is 0.702. The van der Waals surface area contributed by atoms with Crippen molar-refractivity contribution in [3.63, 3.8) is 0 Å². The van der Waals surface area contributed by atoms with E-state index < -0.39 is 0 Å². The second-order valence-corrected chi connectivity index (χ2v) is 16.8. The number of thiophene rings is 1. The zero-order chi connectivity index (χ0) is 38.8. The molecule has 8 aromatic carbocycles. The Morgan fingerprint density at radius 1 is 0.379 bits per heavy atom. The van der Waals surface area contributed by atoms with E-state index >= 15 is 0 Å². The molecule has 1 aliphatic carbocycles. The first kappa shape index (κ1) is 34.3. The Morgan fingerprint density at radius 3 is 1.78 bits per heavy atom. The van der Waals surface area contributed by atoms with Gasteiger partial charge in [0.2, 0.25) is 0 Å². The van der Waals surface area contributed by atoms with Crippen LogP contribution < -0.4 is 0 Å². The third-order valence-corrected chi connectivity index (χ3v) is 13.1. The minimum absolute atomic E-state index is 0.0681. The fourth-order valence-corrected chi connectivity index (χ4v) is 10.2. The van der Waals surface area contributed by atoms with Crippen LogP contribution in [0.15, 0.2) is 194 Å². The molecule has 2 nitrogen and oxygen atoms in total. The quantitative estimate of drug-likeness (QED) is 0.169. The standard InChI is InChI=1S/C55H38N2S/c1-55(2)47-27-11-9-23-46(47)52-42(24-15-28-48(52)55)37-20-13-21-38(30-37)49-34-50(57-54(56-49)36-18-7-4-8-19-36)41-32-39(35-16-5-3-6-17-35)31-40(33-41)43-25-14-26-45-44-22-10-12-29-51(44)58-53(43)45/h3-34H,1-2H3. The fraction of sp³-hybridized carbons (Fsp3) is 0.0545. The number of hydrogen-bond acceptors (Lipinski definition) is 3. The molecule has 3 heteroatoms. The average molecular weight is 759 g/mol. The maximum atomic E-state index is 5.33. The van der Waals surface area contributed by atoms with Gasteiger partial charge < -0.3 is 0 Å². The smallest absolute Gasteiger partial charge is 0.160 e. The molecule has 0 aliphatic heterocycles. The molecule has 2 aromatic heterocycles. The summed E-state index contributed by atoms with van der Waals surface area (Å²) in [6.07, 6.45) is 0. The number of benzene rings is 8. The van der Waals surface area contributed by atoms with Crippen molar-refractivity contribution in [1.82, 2.24) is 9.97 Å². The number of aromatic nitrogens is 2. The summed E-state index contributed by atoms with van der Waals surface area (Å²) >= 11 is 1.86. The third-order valence-electron chi connectivity index (χ3n) is 11.9. The average Bonchev–Trinajstić information content (AvgIpc) is 3.79. The Morgan fingerprint density at radius 2 is 0.931 bits per heavy atom. The van der Waals surface area contributed by atoms with E-state index in [0.29, 0.717) is 5.82 Å². The topological polar surface area (TPSA) is 25.8 Å². The monoisotopic (exact) mass is 758 g/mol. The van der Waals surface area contributed by atoms with Crippen LogP contribution in [0.2, 0.25) is 0 Å². The maximum absolute atomic E-state index is 5.33. The van der Waals surface area contributed by atoms with Crippen molar-refractivity contribution in [1.29, 1.82) is 0 Å². The Balaban J connectivity index is 1.11. The predicted molar refractivity (Wildman–Crippen MR) is 245 cm³/mol. The molecule has 0 fully saturated rings. The largest absolute Gasteiger partial charge is 0.228 e. The molecular weight excluding hydrogens is 721 g/mol. The van der Waals surface area contributed by atoms with Crippen molar-refractivity contribution < 1.29 is 0 Å². The van der Waals surface area contributed by atoms with Gasteiger partial charge in [-0.3, -0.25) is 0 Å². The van der Waals surface area contributed by atoms with E-state index in [4.69, 9.17) is 9.97 Å². The van der Waals surface area contributed by atoms with Crippen molar-refractivity contribution >= 4 is 31.5 Å². The Kier molecular flexibility index (Phi) is 8.06. The van der Waals surface area contributed by atoms with Crippen molar-refractivity contribution in [3.05, 3.63) is 205 Å². The molecule has 0 amide bonds. The van der Waals surface area contributed by atoms with Gasteiger partial charge in [-0.05, 0) is 92.0 Å². The first-order valence-corrected chi connectivity index (χ1v) is 20.7. The molecule has 0 radical (unpaired) electrons. The minimum atomic E-state index is -0.0681. The van der Waals surface area contributed by atoms with Gasteiger partial charge in [-0.1, -0.05) is 172 Å². The molecule has 0 bridgehead atoms. The second-order valence-electron chi connectivity index (χ2n) is 15.8. The van der Waals surface area contributed by atoms with Crippen molar-refractivity contribution in [2.75, 3.05) is 0 Å². The Hall–Kier alpha value is -6.94. The van der Waals surface area contributed by atoms with E-state index in [1.165, 1.54) is 64.7 Å². The molecule has 0 saturated carbocycles. The molecule has 58 heavy (non-hydrogen) atoms. The summed E-state index contributed by atoms with van der Waals surface area (Å²) in [7, 11) is 0. The van der Waals surface area contributed by atoms with E-state index in [2.05, 4.69) is 202 Å². The first-order valence-electron chi connectivity index (χ1n) is 19.9. The van der Waals surface area contributed by atoms with Crippen LogP contribution in [-0.2, 0) is 5.41 Å². The van der Waals surface area contributed by atoms with E-state index in [0.717, 1.165) is 39.2 Å². The lowest BCUT2D eigenvalue weighted by Crippen LogP contribution is -2.14. The van der Waals surface area contributed by atoms with E-state index in [1.807, 2.05) is 17.4 Å². The van der Waals surface area contributed by atoms with Gasteiger partial charge in [0.15, 0.2) is 5.82 Å². The first-order chi connectivity index (χ1) is 28.5. The highest BCUT2D eigenvalue weighted by Crippen LogP contribution is 2.52. The van der Waals surface area contributed by atoms with Crippen molar-refractivity contribution in [2.45, 2.75) is 19.3 Å². The molecule has 11 rings (SSSR count). The highest BCUT2D eigenvalue weighted by atomic mass is 32.1. The van der Waals surface area contributed by atoms with Gasteiger partial charge in [-0.25, -0.2) is 9.97 Å². The normalized spacial score (nSPS) is 12.8. The Bertz CT molecular complexity index is 3190. The van der Waals surface area contributed by atoms with Crippen LogP contribution >= 0.6 is 11.3 Å². The summed E-state index contributed by atoms with van der Waals surface area (Å²) in [5.41, 5.74) is 17.3. The molecule has 0 N–H and O–H groups in total. The number of rotatable bonds is 6. The van der Waals surface area contributed by atoms with Crippen LogP contribution in [0, 0.1) is 0 Å². The van der Waals surface area contributed by atoms with Crippen molar-refractivity contribution in [2.24, 2.45) is 0 Å². The highest BCUT2D eigenvalue weighted by Gasteiger charge is 2.36. The summed E-state index contributed by atoms with van der Waals surface area (Å²) in [6, 6.07) is 70.1. The van der Waals surface area contributed by atoms with Gasteiger partial charge in [-0.2, -0.15) is 0 Å². The molecule has 0 unspecified atom stereocenters. The minimum Gasteiger partial charge on any atom is -0.228 e. The zero-order valence-corrected chi connectivity index (χ0v) is 33.1. The molecule has 0 spiro atoms. The molecule has 0 saturated heterocycles. The van der Waals surface area contributed by atoms with E-state index in [-0.39, 0.29) is 5.41 Å². The summed E-state index contributed by atoms with van der Waals surface area (Å²) in [4.78, 5) is 10.6. The van der Waals surface area contributed by atoms with Crippen LogP contribution in [0.4, 0.5) is 0 Å². The van der Waals surface area contributed by atoms with Crippen LogP contribution in [0.3, 0.4) is 0 Å². The van der Waals surface area contributed by atoms with Gasteiger partial charge in [0.25, 0.3) is 0 Å². The fourth-order valence-electron chi connectivity index (χ4n) is 9.00. The maximum Gasteiger partial charge on any atom is 0.160 e. The van der Waals surface area contributed by atoms with Crippen LogP contribution in [0.25, 0.3) is 98.6 Å². The highest BCUT2D eigenvalue weighted by molar-refractivity contribution is 7.26. The van der Waals surface area contributed by atoms with Crippen molar-refractivity contribution in [3.8, 4) is 78.4 Å². The van der Waals surface area contributed by atoms with E-state index in [9.17, 15) is 0 Å². The number of hydrogen-bond donors (Lipinski definition) is 0. The van der Waals surface area contributed by atoms with Gasteiger partial charge in [0.1, 0.15) is 0 Å². The second kappa shape index (κ2) is 13.6. The molecular formula is C55H38N2S. The molecule has 1 aliphatic rings. The van der Waals surface area contributed by atoms with Gasteiger partial charge in [0.05, 0.1) is 11.4 Å².